The SMILES string of the molecule is CCOC(C)CN=C(NN)NC1CCCCC1. The second-order valence-electron chi connectivity index (χ2n) is 4.58. The minimum atomic E-state index is 0.136. The van der Waals surface area contributed by atoms with Crippen LogP contribution in [0.1, 0.15) is 46.0 Å². The molecule has 0 bridgehead atoms. The first-order valence-electron chi connectivity index (χ1n) is 6.65. The smallest absolute Gasteiger partial charge is 0.206 e. The van der Waals surface area contributed by atoms with Crippen molar-refractivity contribution in [2.45, 2.75) is 58.1 Å². The van der Waals surface area contributed by atoms with E-state index in [1.807, 2.05) is 13.8 Å². The van der Waals surface area contributed by atoms with Gasteiger partial charge in [-0.3, -0.25) is 5.43 Å². The van der Waals surface area contributed by atoms with E-state index in [9.17, 15) is 0 Å². The summed E-state index contributed by atoms with van der Waals surface area (Å²) in [5.74, 6) is 6.15. The molecule has 0 amide bonds. The fourth-order valence-corrected chi connectivity index (χ4v) is 2.13. The highest BCUT2D eigenvalue weighted by Crippen LogP contribution is 2.17. The summed E-state index contributed by atoms with van der Waals surface area (Å²) in [5, 5.41) is 3.36. The van der Waals surface area contributed by atoms with E-state index in [0.29, 0.717) is 18.5 Å². The van der Waals surface area contributed by atoms with Gasteiger partial charge in [0.05, 0.1) is 12.6 Å². The van der Waals surface area contributed by atoms with Gasteiger partial charge in [-0.25, -0.2) is 10.8 Å². The van der Waals surface area contributed by atoms with Crippen LogP contribution in [-0.2, 0) is 4.74 Å². The first-order valence-corrected chi connectivity index (χ1v) is 6.65. The maximum atomic E-state index is 5.47. The van der Waals surface area contributed by atoms with E-state index < -0.39 is 0 Å². The van der Waals surface area contributed by atoms with E-state index in [1.165, 1.54) is 32.1 Å². The third-order valence-electron chi connectivity index (χ3n) is 3.04. The molecule has 0 saturated heterocycles. The Bertz CT molecular complexity index is 227. The number of aliphatic imine (C=N–C) groups is 1. The van der Waals surface area contributed by atoms with Crippen molar-refractivity contribution in [3.05, 3.63) is 0 Å². The Balaban J connectivity index is 2.32. The number of hydrogen-bond donors (Lipinski definition) is 3. The number of guanidine groups is 1. The molecule has 0 aromatic carbocycles. The topological polar surface area (TPSA) is 71.7 Å². The van der Waals surface area contributed by atoms with E-state index in [2.05, 4.69) is 15.7 Å². The van der Waals surface area contributed by atoms with Gasteiger partial charge < -0.3 is 10.1 Å². The normalized spacial score (nSPS) is 20.1. The summed E-state index contributed by atoms with van der Waals surface area (Å²) in [4.78, 5) is 4.40. The van der Waals surface area contributed by atoms with Crippen LogP contribution in [0, 0.1) is 0 Å². The zero-order valence-electron chi connectivity index (χ0n) is 11.0. The summed E-state index contributed by atoms with van der Waals surface area (Å²) < 4.78 is 5.42. The molecule has 0 aliphatic heterocycles. The summed E-state index contributed by atoms with van der Waals surface area (Å²) in [6.45, 7) is 5.36. The van der Waals surface area contributed by atoms with Crippen LogP contribution in [-0.4, -0.2) is 31.3 Å². The van der Waals surface area contributed by atoms with Crippen molar-refractivity contribution in [2.24, 2.45) is 10.8 Å². The summed E-state index contributed by atoms with van der Waals surface area (Å²) in [6.07, 6.45) is 6.50. The fourth-order valence-electron chi connectivity index (χ4n) is 2.13. The van der Waals surface area contributed by atoms with E-state index in [0.717, 1.165) is 6.61 Å². The van der Waals surface area contributed by atoms with Crippen LogP contribution in [0.5, 0.6) is 0 Å². The molecule has 0 aromatic heterocycles. The highest BCUT2D eigenvalue weighted by molar-refractivity contribution is 5.79. The van der Waals surface area contributed by atoms with Crippen molar-refractivity contribution in [3.63, 3.8) is 0 Å². The summed E-state index contributed by atoms with van der Waals surface area (Å²) in [6, 6.07) is 0.515. The van der Waals surface area contributed by atoms with Gasteiger partial charge in [-0.2, -0.15) is 0 Å². The Morgan fingerprint density at radius 3 is 2.71 bits per heavy atom. The van der Waals surface area contributed by atoms with Crippen molar-refractivity contribution in [3.8, 4) is 0 Å². The van der Waals surface area contributed by atoms with Crippen LogP contribution in [0.4, 0.5) is 0 Å². The molecule has 0 aromatic rings. The molecule has 4 N–H and O–H groups in total. The third kappa shape index (κ3) is 5.89. The van der Waals surface area contributed by atoms with Gasteiger partial charge in [0, 0.05) is 12.6 Å². The molecule has 5 heteroatoms. The van der Waals surface area contributed by atoms with Crippen molar-refractivity contribution < 1.29 is 4.74 Å². The second kappa shape index (κ2) is 8.31. The van der Waals surface area contributed by atoms with E-state index in [1.54, 1.807) is 0 Å². The van der Waals surface area contributed by atoms with Gasteiger partial charge in [0.25, 0.3) is 0 Å². The predicted molar refractivity (Wildman–Crippen MR) is 70.7 cm³/mol. The molecule has 0 spiro atoms. The lowest BCUT2D eigenvalue weighted by Crippen LogP contribution is -2.47. The van der Waals surface area contributed by atoms with Gasteiger partial charge in [-0.1, -0.05) is 19.3 Å². The minimum absolute atomic E-state index is 0.136. The predicted octanol–water partition coefficient (Wildman–Crippen LogP) is 1.15. The first kappa shape index (κ1) is 14.3. The van der Waals surface area contributed by atoms with Gasteiger partial charge in [-0.15, -0.1) is 0 Å². The largest absolute Gasteiger partial charge is 0.377 e. The number of nitrogens with two attached hydrogens (primary N) is 1. The first-order chi connectivity index (χ1) is 8.26. The second-order valence-corrected chi connectivity index (χ2v) is 4.58. The zero-order valence-corrected chi connectivity index (χ0v) is 11.0. The summed E-state index contributed by atoms with van der Waals surface area (Å²) in [5.41, 5.74) is 2.63. The Morgan fingerprint density at radius 2 is 2.12 bits per heavy atom. The highest BCUT2D eigenvalue weighted by atomic mass is 16.5. The van der Waals surface area contributed by atoms with Crippen LogP contribution >= 0.6 is 0 Å². The Labute approximate surface area is 104 Å². The number of hydrogen-bond acceptors (Lipinski definition) is 3. The fraction of sp³-hybridized carbons (Fsp3) is 0.917. The monoisotopic (exact) mass is 242 g/mol. The lowest BCUT2D eigenvalue weighted by molar-refractivity contribution is 0.0828. The molecule has 100 valence electrons. The number of nitrogens with one attached hydrogen (secondary N) is 2. The quantitative estimate of drug-likeness (QED) is 0.293. The molecule has 0 heterocycles. The molecule has 1 rings (SSSR count). The molecular weight excluding hydrogens is 216 g/mol. The minimum Gasteiger partial charge on any atom is -0.377 e. The lowest BCUT2D eigenvalue weighted by atomic mass is 9.96. The molecule has 17 heavy (non-hydrogen) atoms. The van der Waals surface area contributed by atoms with E-state index in [4.69, 9.17) is 10.6 Å². The number of ether oxygens (including phenoxy) is 1. The van der Waals surface area contributed by atoms with Gasteiger partial charge >= 0.3 is 0 Å². The highest BCUT2D eigenvalue weighted by Gasteiger charge is 2.14. The van der Waals surface area contributed by atoms with Crippen LogP contribution < -0.4 is 16.6 Å². The molecule has 1 saturated carbocycles. The average Bonchev–Trinajstić information content (AvgIpc) is 2.36. The van der Waals surface area contributed by atoms with Gasteiger partial charge in [0.15, 0.2) is 0 Å². The Hall–Kier alpha value is -0.810. The van der Waals surface area contributed by atoms with E-state index >= 15 is 0 Å². The summed E-state index contributed by atoms with van der Waals surface area (Å²) >= 11 is 0. The number of hydrazine groups is 1. The number of rotatable bonds is 5. The third-order valence-corrected chi connectivity index (χ3v) is 3.04. The molecule has 1 aliphatic carbocycles. The maximum absolute atomic E-state index is 5.47. The molecule has 1 atom stereocenters. The molecule has 1 fully saturated rings. The lowest BCUT2D eigenvalue weighted by Gasteiger charge is -2.24. The average molecular weight is 242 g/mol. The Kier molecular flexibility index (Phi) is 6.96. The van der Waals surface area contributed by atoms with Crippen molar-refractivity contribution in [1.29, 1.82) is 0 Å². The maximum Gasteiger partial charge on any atom is 0.206 e. The van der Waals surface area contributed by atoms with Gasteiger partial charge in [-0.05, 0) is 26.7 Å². The summed E-state index contributed by atoms with van der Waals surface area (Å²) in [7, 11) is 0. The van der Waals surface area contributed by atoms with Gasteiger partial charge in [0.1, 0.15) is 0 Å². The van der Waals surface area contributed by atoms with Crippen LogP contribution in [0.3, 0.4) is 0 Å². The molecule has 1 unspecified atom stereocenters. The van der Waals surface area contributed by atoms with Crippen molar-refractivity contribution in [1.82, 2.24) is 10.7 Å². The van der Waals surface area contributed by atoms with Gasteiger partial charge in [0.2, 0.25) is 5.96 Å². The zero-order chi connectivity index (χ0) is 12.5. The van der Waals surface area contributed by atoms with Crippen LogP contribution in [0.25, 0.3) is 0 Å². The molecule has 0 radical (unpaired) electrons. The Morgan fingerprint density at radius 1 is 1.41 bits per heavy atom. The van der Waals surface area contributed by atoms with Crippen molar-refractivity contribution in [2.75, 3.05) is 13.2 Å². The molecule has 5 nitrogen and oxygen atoms in total. The molecular formula is C12H26N4O. The van der Waals surface area contributed by atoms with E-state index in [-0.39, 0.29) is 6.10 Å². The number of nitrogens with zero attached hydrogens (tertiary/aromatic N) is 1. The standard InChI is InChI=1S/C12H26N4O/c1-3-17-10(2)9-14-12(16-13)15-11-7-5-4-6-8-11/h10-11H,3-9,13H2,1-2H3,(H2,14,15,16). The van der Waals surface area contributed by atoms with Crippen LogP contribution in [0.2, 0.25) is 0 Å². The van der Waals surface area contributed by atoms with Crippen LogP contribution in [0.15, 0.2) is 4.99 Å². The van der Waals surface area contributed by atoms with Crippen molar-refractivity contribution >= 4 is 5.96 Å². The molecule has 1 aliphatic rings.